The van der Waals surface area contributed by atoms with Gasteiger partial charge in [-0.25, -0.2) is 13.8 Å². The second-order valence-corrected chi connectivity index (χ2v) is 18.0. The monoisotopic (exact) mass is 911 g/mol. The summed E-state index contributed by atoms with van der Waals surface area (Å²) in [6.07, 6.45) is 26.2. The summed E-state index contributed by atoms with van der Waals surface area (Å²) >= 11 is 0. The Morgan fingerprint density at radius 1 is 0.790 bits per heavy atom. The maximum absolute atomic E-state index is 14.0. The third-order valence-corrected chi connectivity index (χ3v) is 12.0. The molecule has 1 aliphatic rings. The van der Waals surface area contributed by atoms with E-state index in [-0.39, 0.29) is 54.6 Å². The Morgan fingerprint density at radius 3 is 1.69 bits per heavy atom. The van der Waals surface area contributed by atoms with Crippen LogP contribution >= 0.6 is 7.82 Å². The Balaban J connectivity index is 0.0000192. The van der Waals surface area contributed by atoms with Crippen molar-refractivity contribution in [2.45, 2.75) is 218 Å². The number of hydrogen-bond donors (Lipinski definition) is 3. The van der Waals surface area contributed by atoms with Crippen LogP contribution < -0.4 is 11.4 Å². The fourth-order valence-corrected chi connectivity index (χ4v) is 8.05. The molecule has 353 valence electrons. The Morgan fingerprint density at radius 2 is 1.23 bits per heavy atom. The first-order valence-corrected chi connectivity index (χ1v) is 24.9. The summed E-state index contributed by atoms with van der Waals surface area (Å²) in [5.41, 5.74) is 4.34. The number of halogens is 1. The minimum atomic E-state index is -4.86. The van der Waals surface area contributed by atoms with Crippen LogP contribution in [0.4, 0.5) is 10.2 Å². The van der Waals surface area contributed by atoms with Crippen LogP contribution in [0.1, 0.15) is 200 Å². The van der Waals surface area contributed by atoms with Crippen molar-refractivity contribution in [1.82, 2.24) is 9.55 Å². The molecule has 2 rings (SSSR count). The molecule has 1 aromatic rings. The molecule has 2 heterocycles. The molecule has 0 spiro atoms. The number of aliphatic hydroxyl groups excluding tert-OH is 1. The van der Waals surface area contributed by atoms with Gasteiger partial charge in [-0.3, -0.25) is 23.2 Å². The SMILES string of the molecule is C=C1[C@H](n2cc(F)c(N)nc2=O)O[C@H](COP(=O)(O)OC[C@@H](COC(=O)CCCCCCCCCCCCCCC)OC(=O)CCCCCCCCCCCCCCC)[C@H]1O.[Na]. The molecule has 1 unspecified atom stereocenters. The van der Waals surface area contributed by atoms with E-state index in [1.54, 1.807) is 0 Å². The molecule has 4 N–H and O–H groups in total. The molecule has 0 aliphatic carbocycles. The normalized spacial score (nSPS) is 17.7. The Hall–Kier alpha value is -1.68. The zero-order valence-electron chi connectivity index (χ0n) is 38.4. The fraction of sp³-hybridized carbons (Fsp3) is 0.822. The van der Waals surface area contributed by atoms with Gasteiger partial charge in [-0.2, -0.15) is 4.98 Å². The molecule has 0 aromatic carbocycles. The minimum Gasteiger partial charge on any atom is -0.462 e. The number of hydrogen-bond acceptors (Lipinski definition) is 12. The summed E-state index contributed by atoms with van der Waals surface area (Å²) in [5.74, 6) is -2.63. The average molecular weight is 911 g/mol. The molecule has 0 bridgehead atoms. The fourth-order valence-electron chi connectivity index (χ4n) is 7.29. The minimum absolute atomic E-state index is 0. The smallest absolute Gasteiger partial charge is 0.462 e. The van der Waals surface area contributed by atoms with Crippen LogP contribution in [0.3, 0.4) is 0 Å². The summed E-state index contributed by atoms with van der Waals surface area (Å²) in [5, 5.41) is 10.6. The Bertz CT molecular complexity index is 1490. The second kappa shape index (κ2) is 35.6. The maximum atomic E-state index is 14.0. The van der Waals surface area contributed by atoms with Gasteiger partial charge in [-0.1, -0.05) is 175 Å². The van der Waals surface area contributed by atoms with E-state index in [9.17, 15) is 33.3 Å². The molecule has 0 saturated carbocycles. The van der Waals surface area contributed by atoms with E-state index in [2.05, 4.69) is 25.4 Å². The van der Waals surface area contributed by atoms with Crippen LogP contribution in [0.15, 0.2) is 23.1 Å². The summed E-state index contributed by atoms with van der Waals surface area (Å²) < 4.78 is 54.5. The van der Waals surface area contributed by atoms with E-state index in [1.165, 1.54) is 116 Å². The third-order valence-electron chi connectivity index (χ3n) is 11.1. The number of carbonyl (C=O) groups excluding carboxylic acids is 2. The first-order valence-electron chi connectivity index (χ1n) is 23.4. The van der Waals surface area contributed by atoms with Crippen molar-refractivity contribution in [2.24, 2.45) is 0 Å². The van der Waals surface area contributed by atoms with E-state index in [1.807, 2.05) is 0 Å². The predicted molar refractivity (Wildman–Crippen MR) is 241 cm³/mol. The van der Waals surface area contributed by atoms with Crippen molar-refractivity contribution < 1.29 is 51.8 Å². The molecule has 1 saturated heterocycles. The second-order valence-electron chi connectivity index (χ2n) is 16.6. The van der Waals surface area contributed by atoms with Gasteiger partial charge in [0.25, 0.3) is 0 Å². The van der Waals surface area contributed by atoms with E-state index in [0.29, 0.717) is 12.8 Å². The first kappa shape index (κ1) is 58.3. The van der Waals surface area contributed by atoms with E-state index < -0.39 is 74.8 Å². The quantitative estimate of drug-likeness (QED) is 0.0186. The van der Waals surface area contributed by atoms with Crippen LogP contribution in [-0.4, -0.2) is 99.2 Å². The van der Waals surface area contributed by atoms with Gasteiger partial charge >= 0.3 is 25.5 Å². The molecule has 5 atom stereocenters. The van der Waals surface area contributed by atoms with Crippen LogP contribution in [0, 0.1) is 5.82 Å². The molecule has 1 aliphatic heterocycles. The number of nitrogens with zero attached hydrogens (tertiary/aromatic N) is 2. The number of ether oxygens (including phenoxy) is 3. The molecule has 1 fully saturated rings. The van der Waals surface area contributed by atoms with Crippen molar-refractivity contribution in [3.63, 3.8) is 0 Å². The Kier molecular flexibility index (Phi) is 33.5. The molecular weight excluding hydrogens is 831 g/mol. The van der Waals surface area contributed by atoms with Gasteiger partial charge in [0.1, 0.15) is 18.8 Å². The Labute approximate surface area is 392 Å². The molecule has 62 heavy (non-hydrogen) atoms. The van der Waals surface area contributed by atoms with Crippen molar-refractivity contribution in [3.05, 3.63) is 34.7 Å². The van der Waals surface area contributed by atoms with E-state index in [0.717, 1.165) is 49.3 Å². The summed E-state index contributed by atoms with van der Waals surface area (Å²) in [6, 6.07) is 0. The van der Waals surface area contributed by atoms with Crippen LogP contribution in [0.2, 0.25) is 0 Å². The zero-order chi connectivity index (χ0) is 44.7. The molecule has 1 aromatic heterocycles. The molecule has 0 amide bonds. The first-order chi connectivity index (χ1) is 29.4. The maximum Gasteiger partial charge on any atom is 0.472 e. The standard InChI is InChI=1S/C45H79FN3O11P.Na/c1-4-6-8-10-12-14-16-18-20-22-24-26-28-30-40(50)56-33-37(59-41(51)31-29-27-25-23-21-19-17-15-13-11-9-7-5-2)34-57-61(54,55)58-35-39-42(52)36(3)44(60-39)49-32-38(46)43(47)48-45(49)53;/h32,37,39,42,44,52H,3-31,33-35H2,1-2H3,(H,54,55)(H2,47,48,53);/t37-,39-,42+,44-;/m1./s1. The topological polar surface area (TPSA) is 199 Å². The number of aromatic nitrogens is 2. The van der Waals surface area contributed by atoms with Gasteiger partial charge in [-0.15, -0.1) is 0 Å². The third kappa shape index (κ3) is 26.3. The molecular formula is C45H79FN3NaO11P. The summed E-state index contributed by atoms with van der Waals surface area (Å²) in [6.45, 7) is 6.45. The van der Waals surface area contributed by atoms with Gasteiger partial charge in [0, 0.05) is 48.0 Å². The molecule has 17 heteroatoms. The van der Waals surface area contributed by atoms with Crippen LogP contribution in [-0.2, 0) is 37.4 Å². The number of carbonyl (C=O) groups is 2. The number of nitrogen functional groups attached to an aromatic ring is 1. The van der Waals surface area contributed by atoms with Crippen molar-refractivity contribution in [2.75, 3.05) is 25.6 Å². The number of rotatable bonds is 38. The van der Waals surface area contributed by atoms with Gasteiger partial charge in [-0.05, 0) is 12.8 Å². The number of nitrogens with two attached hydrogens (primary N) is 1. The number of phosphoric acid groups is 1. The van der Waals surface area contributed by atoms with Gasteiger partial charge in [0.2, 0.25) is 0 Å². The molecule has 1 radical (unpaired) electrons. The summed E-state index contributed by atoms with van der Waals surface area (Å²) in [4.78, 5) is 51.6. The number of unbranched alkanes of at least 4 members (excludes halogenated alkanes) is 24. The number of phosphoric ester groups is 1. The number of esters is 2. The van der Waals surface area contributed by atoms with Crippen molar-refractivity contribution >= 4 is 55.1 Å². The zero-order valence-corrected chi connectivity index (χ0v) is 41.3. The predicted octanol–water partition coefficient (Wildman–Crippen LogP) is 9.95. The van der Waals surface area contributed by atoms with Gasteiger partial charge in [0.15, 0.2) is 24.0 Å². The van der Waals surface area contributed by atoms with E-state index in [4.69, 9.17) is 29.0 Å². The van der Waals surface area contributed by atoms with Gasteiger partial charge < -0.3 is 29.9 Å². The average Bonchev–Trinajstić information content (AvgIpc) is 3.51. The van der Waals surface area contributed by atoms with Crippen molar-refractivity contribution in [1.29, 1.82) is 0 Å². The number of anilines is 1. The van der Waals surface area contributed by atoms with E-state index >= 15 is 0 Å². The number of aliphatic hydroxyl groups is 1. The summed E-state index contributed by atoms with van der Waals surface area (Å²) in [7, 11) is -4.86. The molecule has 14 nitrogen and oxygen atoms in total. The van der Waals surface area contributed by atoms with Crippen molar-refractivity contribution in [3.8, 4) is 0 Å². The largest absolute Gasteiger partial charge is 0.472 e. The van der Waals surface area contributed by atoms with Crippen LogP contribution in [0.5, 0.6) is 0 Å². The van der Waals surface area contributed by atoms with Gasteiger partial charge in [0.05, 0.1) is 19.4 Å². The van der Waals surface area contributed by atoms with Crippen LogP contribution in [0.25, 0.3) is 0 Å².